The molecule has 0 spiro atoms. The minimum absolute atomic E-state index is 0.191. The molecule has 0 saturated carbocycles. The average molecular weight is 205 g/mol. The third kappa shape index (κ3) is 1.63. The maximum absolute atomic E-state index is 11.4. The van der Waals surface area contributed by atoms with Crippen LogP contribution in [0, 0.1) is 0 Å². The fourth-order valence-electron chi connectivity index (χ4n) is 1.62. The van der Waals surface area contributed by atoms with Gasteiger partial charge in [-0.15, -0.1) is 0 Å². The minimum atomic E-state index is -0.523. The first-order valence-corrected chi connectivity index (χ1v) is 4.64. The van der Waals surface area contributed by atoms with Crippen LogP contribution in [0.1, 0.15) is 10.4 Å². The number of urea groups is 1. The summed E-state index contributed by atoms with van der Waals surface area (Å²) in [6.45, 7) is 1.15. The van der Waals surface area contributed by atoms with Gasteiger partial charge in [0.1, 0.15) is 0 Å². The normalized spacial score (nSPS) is 15.2. The number of nitrogens with zero attached hydrogens (tertiary/aromatic N) is 1. The number of carbonyl (C=O) groups is 2. The molecule has 1 aromatic rings. The third-order valence-corrected chi connectivity index (χ3v) is 2.32. The lowest BCUT2D eigenvalue weighted by molar-refractivity contribution is 0.100. The molecule has 1 fully saturated rings. The highest BCUT2D eigenvalue weighted by molar-refractivity contribution is 6.04. The molecule has 0 atom stereocenters. The SMILES string of the molecule is NC(=O)c1ccccc1N1CCNC1=O. The Hall–Kier alpha value is -2.04. The molecule has 3 amide bonds. The summed E-state index contributed by atoms with van der Waals surface area (Å²) in [5.41, 5.74) is 6.17. The topological polar surface area (TPSA) is 75.4 Å². The number of benzene rings is 1. The Balaban J connectivity index is 2.42. The first-order chi connectivity index (χ1) is 7.20. The number of rotatable bonds is 2. The molecule has 2 rings (SSSR count). The van der Waals surface area contributed by atoms with E-state index in [4.69, 9.17) is 5.73 Å². The zero-order chi connectivity index (χ0) is 10.8. The Labute approximate surface area is 86.9 Å². The second-order valence-electron chi connectivity index (χ2n) is 3.26. The average Bonchev–Trinajstić information content (AvgIpc) is 2.64. The van der Waals surface area contributed by atoms with E-state index in [9.17, 15) is 9.59 Å². The molecule has 1 aromatic carbocycles. The van der Waals surface area contributed by atoms with Crippen LogP contribution in [-0.2, 0) is 0 Å². The summed E-state index contributed by atoms with van der Waals surface area (Å²) >= 11 is 0. The summed E-state index contributed by atoms with van der Waals surface area (Å²) in [5.74, 6) is -0.523. The van der Waals surface area contributed by atoms with Crippen molar-refractivity contribution in [2.75, 3.05) is 18.0 Å². The van der Waals surface area contributed by atoms with E-state index < -0.39 is 5.91 Å². The number of primary amides is 1. The second-order valence-corrected chi connectivity index (χ2v) is 3.26. The summed E-state index contributed by atoms with van der Waals surface area (Å²) in [6, 6.07) is 6.63. The van der Waals surface area contributed by atoms with Crippen molar-refractivity contribution in [3.63, 3.8) is 0 Å². The molecule has 78 valence electrons. The molecule has 1 saturated heterocycles. The standard InChI is InChI=1S/C10H11N3O2/c11-9(14)7-3-1-2-4-8(7)13-6-5-12-10(13)15/h1-4H,5-6H2,(H2,11,14)(H,12,15). The van der Waals surface area contributed by atoms with Crippen LogP contribution in [0.3, 0.4) is 0 Å². The molecular weight excluding hydrogens is 194 g/mol. The van der Waals surface area contributed by atoms with Gasteiger partial charge in [-0.1, -0.05) is 12.1 Å². The van der Waals surface area contributed by atoms with Crippen molar-refractivity contribution in [2.24, 2.45) is 5.73 Å². The highest BCUT2D eigenvalue weighted by Crippen LogP contribution is 2.21. The fourth-order valence-corrected chi connectivity index (χ4v) is 1.62. The van der Waals surface area contributed by atoms with Crippen LogP contribution in [0.25, 0.3) is 0 Å². The molecule has 0 unspecified atom stereocenters. The molecule has 0 radical (unpaired) electrons. The smallest absolute Gasteiger partial charge is 0.322 e. The lowest BCUT2D eigenvalue weighted by Crippen LogP contribution is -2.30. The van der Waals surface area contributed by atoms with E-state index in [0.29, 0.717) is 24.3 Å². The Kier molecular flexibility index (Phi) is 2.29. The molecule has 3 N–H and O–H groups in total. The van der Waals surface area contributed by atoms with E-state index in [-0.39, 0.29) is 6.03 Å². The van der Waals surface area contributed by atoms with Crippen LogP contribution in [-0.4, -0.2) is 25.0 Å². The summed E-state index contributed by atoms with van der Waals surface area (Å²) < 4.78 is 0. The van der Waals surface area contributed by atoms with E-state index in [0.717, 1.165) is 0 Å². The van der Waals surface area contributed by atoms with Gasteiger partial charge in [0.05, 0.1) is 11.3 Å². The molecule has 15 heavy (non-hydrogen) atoms. The third-order valence-electron chi connectivity index (χ3n) is 2.32. The number of nitrogens with one attached hydrogen (secondary N) is 1. The summed E-state index contributed by atoms with van der Waals surface area (Å²) in [5, 5.41) is 2.67. The van der Waals surface area contributed by atoms with E-state index >= 15 is 0 Å². The highest BCUT2D eigenvalue weighted by atomic mass is 16.2. The van der Waals surface area contributed by atoms with Gasteiger partial charge in [-0.05, 0) is 12.1 Å². The summed E-state index contributed by atoms with van der Waals surface area (Å²) in [6.07, 6.45) is 0. The van der Waals surface area contributed by atoms with E-state index in [2.05, 4.69) is 5.32 Å². The zero-order valence-corrected chi connectivity index (χ0v) is 8.06. The van der Waals surface area contributed by atoms with Crippen LogP contribution in [0.15, 0.2) is 24.3 Å². The molecular formula is C10H11N3O2. The molecule has 0 aromatic heterocycles. The number of anilines is 1. The molecule has 0 aliphatic carbocycles. The molecule has 1 heterocycles. The van der Waals surface area contributed by atoms with Gasteiger partial charge in [0.2, 0.25) is 0 Å². The Morgan fingerprint density at radius 3 is 2.73 bits per heavy atom. The van der Waals surface area contributed by atoms with Crippen LogP contribution in [0.2, 0.25) is 0 Å². The quantitative estimate of drug-likeness (QED) is 0.729. The van der Waals surface area contributed by atoms with Crippen LogP contribution < -0.4 is 16.0 Å². The van der Waals surface area contributed by atoms with Gasteiger partial charge >= 0.3 is 6.03 Å². The first kappa shape index (κ1) is 9.51. The van der Waals surface area contributed by atoms with E-state index in [1.165, 1.54) is 4.90 Å². The lowest BCUT2D eigenvalue weighted by atomic mass is 10.1. The van der Waals surface area contributed by atoms with Crippen LogP contribution in [0.5, 0.6) is 0 Å². The number of amides is 3. The first-order valence-electron chi connectivity index (χ1n) is 4.64. The van der Waals surface area contributed by atoms with E-state index in [1.807, 2.05) is 0 Å². The lowest BCUT2D eigenvalue weighted by Gasteiger charge is -2.16. The number of carbonyl (C=O) groups excluding carboxylic acids is 2. The number of nitrogens with two attached hydrogens (primary N) is 1. The molecule has 1 aliphatic rings. The largest absolute Gasteiger partial charge is 0.366 e. The fraction of sp³-hybridized carbons (Fsp3) is 0.200. The van der Waals surface area contributed by atoms with Crippen LogP contribution in [0.4, 0.5) is 10.5 Å². The predicted octanol–water partition coefficient (Wildman–Crippen LogP) is 0.315. The molecule has 5 heteroatoms. The van der Waals surface area contributed by atoms with Gasteiger partial charge in [0, 0.05) is 13.1 Å². The zero-order valence-electron chi connectivity index (χ0n) is 8.06. The highest BCUT2D eigenvalue weighted by Gasteiger charge is 2.24. The van der Waals surface area contributed by atoms with Crippen molar-refractivity contribution in [1.82, 2.24) is 5.32 Å². The predicted molar refractivity (Wildman–Crippen MR) is 55.7 cm³/mol. The van der Waals surface area contributed by atoms with Crippen molar-refractivity contribution in [1.29, 1.82) is 0 Å². The Morgan fingerprint density at radius 1 is 1.40 bits per heavy atom. The minimum Gasteiger partial charge on any atom is -0.366 e. The van der Waals surface area contributed by atoms with Crippen LogP contribution >= 0.6 is 0 Å². The molecule has 1 aliphatic heterocycles. The molecule has 5 nitrogen and oxygen atoms in total. The maximum Gasteiger partial charge on any atom is 0.322 e. The van der Waals surface area contributed by atoms with Crippen molar-refractivity contribution in [3.05, 3.63) is 29.8 Å². The van der Waals surface area contributed by atoms with Crippen molar-refractivity contribution in [2.45, 2.75) is 0 Å². The number of para-hydroxylation sites is 1. The van der Waals surface area contributed by atoms with Gasteiger partial charge in [-0.25, -0.2) is 4.79 Å². The van der Waals surface area contributed by atoms with Gasteiger partial charge in [-0.3, -0.25) is 9.69 Å². The van der Waals surface area contributed by atoms with E-state index in [1.54, 1.807) is 24.3 Å². The monoisotopic (exact) mass is 205 g/mol. The van der Waals surface area contributed by atoms with Gasteiger partial charge in [0.25, 0.3) is 5.91 Å². The Morgan fingerprint density at radius 2 is 2.13 bits per heavy atom. The number of hydrogen-bond acceptors (Lipinski definition) is 2. The van der Waals surface area contributed by atoms with Gasteiger partial charge in [-0.2, -0.15) is 0 Å². The number of hydrogen-bond donors (Lipinski definition) is 2. The summed E-state index contributed by atoms with van der Waals surface area (Å²) in [7, 11) is 0. The Bertz CT molecular complexity index is 417. The maximum atomic E-state index is 11.4. The van der Waals surface area contributed by atoms with Gasteiger partial charge in [0.15, 0.2) is 0 Å². The van der Waals surface area contributed by atoms with Gasteiger partial charge < -0.3 is 11.1 Å². The van der Waals surface area contributed by atoms with Crippen molar-refractivity contribution < 1.29 is 9.59 Å². The molecule has 0 bridgehead atoms. The van der Waals surface area contributed by atoms with Crippen molar-refractivity contribution in [3.8, 4) is 0 Å². The van der Waals surface area contributed by atoms with Crippen molar-refractivity contribution >= 4 is 17.6 Å². The second kappa shape index (κ2) is 3.61. The summed E-state index contributed by atoms with van der Waals surface area (Å²) in [4.78, 5) is 24.1.